The zero-order chi connectivity index (χ0) is 12.3. The SMILES string of the molecule is Fc1cc(Cl)ccc1CNc1cccc(I)c1. The summed E-state index contributed by atoms with van der Waals surface area (Å²) in [5, 5.41) is 3.59. The fraction of sp³-hybridized carbons (Fsp3) is 0.0769. The third-order valence-corrected chi connectivity index (χ3v) is 3.23. The molecule has 0 radical (unpaired) electrons. The zero-order valence-corrected chi connectivity index (χ0v) is 11.8. The van der Waals surface area contributed by atoms with E-state index in [-0.39, 0.29) is 5.82 Å². The zero-order valence-electron chi connectivity index (χ0n) is 8.88. The summed E-state index contributed by atoms with van der Waals surface area (Å²) in [4.78, 5) is 0. The van der Waals surface area contributed by atoms with Crippen LogP contribution in [0.1, 0.15) is 5.56 Å². The van der Waals surface area contributed by atoms with E-state index < -0.39 is 0 Å². The lowest BCUT2D eigenvalue weighted by Gasteiger charge is -2.08. The van der Waals surface area contributed by atoms with Crippen molar-refractivity contribution in [3.63, 3.8) is 0 Å². The van der Waals surface area contributed by atoms with Gasteiger partial charge in [-0.2, -0.15) is 0 Å². The first-order valence-corrected chi connectivity index (χ1v) is 6.54. The molecular formula is C13H10ClFIN. The summed E-state index contributed by atoms with van der Waals surface area (Å²) >= 11 is 7.93. The van der Waals surface area contributed by atoms with Crippen LogP contribution in [-0.4, -0.2) is 0 Å². The lowest BCUT2D eigenvalue weighted by molar-refractivity contribution is 0.613. The predicted octanol–water partition coefficient (Wildman–Crippen LogP) is 4.70. The van der Waals surface area contributed by atoms with E-state index in [4.69, 9.17) is 11.6 Å². The minimum absolute atomic E-state index is 0.282. The van der Waals surface area contributed by atoms with E-state index in [1.54, 1.807) is 12.1 Å². The summed E-state index contributed by atoms with van der Waals surface area (Å²) < 4.78 is 14.6. The van der Waals surface area contributed by atoms with Crippen LogP contribution in [0.5, 0.6) is 0 Å². The van der Waals surface area contributed by atoms with Crippen molar-refractivity contribution in [3.8, 4) is 0 Å². The second-order valence-electron chi connectivity index (χ2n) is 3.60. The number of rotatable bonds is 3. The second-order valence-corrected chi connectivity index (χ2v) is 5.28. The third-order valence-electron chi connectivity index (χ3n) is 2.32. The topological polar surface area (TPSA) is 12.0 Å². The summed E-state index contributed by atoms with van der Waals surface area (Å²) in [6, 6.07) is 12.6. The molecular weight excluding hydrogens is 352 g/mol. The number of hydrogen-bond donors (Lipinski definition) is 1. The highest BCUT2D eigenvalue weighted by atomic mass is 127. The fourth-order valence-electron chi connectivity index (χ4n) is 1.46. The van der Waals surface area contributed by atoms with E-state index in [0.29, 0.717) is 17.1 Å². The average molecular weight is 362 g/mol. The van der Waals surface area contributed by atoms with Crippen LogP contribution in [0.4, 0.5) is 10.1 Å². The van der Waals surface area contributed by atoms with Gasteiger partial charge in [-0.15, -0.1) is 0 Å². The van der Waals surface area contributed by atoms with Crippen LogP contribution in [0.3, 0.4) is 0 Å². The maximum atomic E-state index is 13.5. The summed E-state index contributed by atoms with van der Waals surface area (Å²) in [6.45, 7) is 0.448. The van der Waals surface area contributed by atoms with Gasteiger partial charge in [-0.3, -0.25) is 0 Å². The normalized spacial score (nSPS) is 10.3. The van der Waals surface area contributed by atoms with Gasteiger partial charge in [-0.05, 0) is 52.9 Å². The molecule has 1 nitrogen and oxygen atoms in total. The molecule has 17 heavy (non-hydrogen) atoms. The number of anilines is 1. The van der Waals surface area contributed by atoms with Gasteiger partial charge in [0.15, 0.2) is 0 Å². The van der Waals surface area contributed by atoms with Crippen molar-refractivity contribution in [2.45, 2.75) is 6.54 Å². The highest BCUT2D eigenvalue weighted by molar-refractivity contribution is 14.1. The number of nitrogens with one attached hydrogen (secondary N) is 1. The highest BCUT2D eigenvalue weighted by Gasteiger charge is 2.02. The standard InChI is InChI=1S/C13H10ClFIN/c14-10-5-4-9(13(15)6-10)8-17-12-3-1-2-11(16)7-12/h1-7,17H,8H2. The Labute approximate surface area is 118 Å². The van der Waals surface area contributed by atoms with Gasteiger partial charge < -0.3 is 5.32 Å². The van der Waals surface area contributed by atoms with Crippen molar-refractivity contribution < 1.29 is 4.39 Å². The molecule has 0 spiro atoms. The van der Waals surface area contributed by atoms with Gasteiger partial charge in [0.1, 0.15) is 5.82 Å². The quantitative estimate of drug-likeness (QED) is 0.782. The Hall–Kier alpha value is -0.810. The van der Waals surface area contributed by atoms with Crippen molar-refractivity contribution >= 4 is 39.9 Å². The molecule has 0 unspecified atom stereocenters. The van der Waals surface area contributed by atoms with Crippen LogP contribution in [0, 0.1) is 9.39 Å². The Balaban J connectivity index is 2.07. The molecule has 2 aromatic rings. The number of hydrogen-bond acceptors (Lipinski definition) is 1. The first kappa shape index (κ1) is 12.6. The summed E-state index contributed by atoms with van der Waals surface area (Å²) in [5.41, 5.74) is 1.58. The molecule has 0 aliphatic carbocycles. The van der Waals surface area contributed by atoms with E-state index in [1.807, 2.05) is 24.3 Å². The Morgan fingerprint density at radius 1 is 1.18 bits per heavy atom. The van der Waals surface area contributed by atoms with Crippen molar-refractivity contribution in [1.82, 2.24) is 0 Å². The van der Waals surface area contributed by atoms with Gasteiger partial charge in [0.25, 0.3) is 0 Å². The summed E-state index contributed by atoms with van der Waals surface area (Å²) in [7, 11) is 0. The molecule has 88 valence electrons. The Kier molecular flexibility index (Phi) is 4.23. The molecule has 0 saturated heterocycles. The van der Waals surface area contributed by atoms with Gasteiger partial charge in [0.05, 0.1) is 0 Å². The Bertz CT molecular complexity index is 531. The van der Waals surface area contributed by atoms with Crippen molar-refractivity contribution in [2.75, 3.05) is 5.32 Å². The van der Waals surface area contributed by atoms with Crippen LogP contribution in [-0.2, 0) is 6.54 Å². The van der Waals surface area contributed by atoms with Gasteiger partial charge in [-0.1, -0.05) is 23.7 Å². The fourth-order valence-corrected chi connectivity index (χ4v) is 2.16. The number of halogens is 3. The number of benzene rings is 2. The molecule has 0 aliphatic rings. The lowest BCUT2D eigenvalue weighted by atomic mass is 10.2. The van der Waals surface area contributed by atoms with Crippen molar-refractivity contribution in [3.05, 3.63) is 62.4 Å². The van der Waals surface area contributed by atoms with Crippen LogP contribution >= 0.6 is 34.2 Å². The van der Waals surface area contributed by atoms with Gasteiger partial charge in [0.2, 0.25) is 0 Å². The third kappa shape index (κ3) is 3.57. The summed E-state index contributed by atoms with van der Waals surface area (Å²) in [5.74, 6) is -0.282. The monoisotopic (exact) mass is 361 g/mol. The van der Waals surface area contributed by atoms with E-state index >= 15 is 0 Å². The average Bonchev–Trinajstić information content (AvgIpc) is 2.28. The molecule has 2 aromatic carbocycles. The predicted molar refractivity (Wildman–Crippen MR) is 77.9 cm³/mol. The molecule has 0 atom stereocenters. The first-order chi connectivity index (χ1) is 8.15. The van der Waals surface area contributed by atoms with Crippen LogP contribution in [0.15, 0.2) is 42.5 Å². The largest absolute Gasteiger partial charge is 0.381 e. The second kappa shape index (κ2) is 5.69. The van der Waals surface area contributed by atoms with Gasteiger partial charge >= 0.3 is 0 Å². The molecule has 1 N–H and O–H groups in total. The highest BCUT2D eigenvalue weighted by Crippen LogP contribution is 2.17. The minimum Gasteiger partial charge on any atom is -0.381 e. The maximum Gasteiger partial charge on any atom is 0.129 e. The Morgan fingerprint density at radius 2 is 2.00 bits per heavy atom. The van der Waals surface area contributed by atoms with E-state index in [1.165, 1.54) is 6.07 Å². The smallest absolute Gasteiger partial charge is 0.129 e. The van der Waals surface area contributed by atoms with Crippen LogP contribution in [0.25, 0.3) is 0 Å². The first-order valence-electron chi connectivity index (χ1n) is 5.08. The molecule has 0 amide bonds. The maximum absolute atomic E-state index is 13.5. The van der Waals surface area contributed by atoms with Crippen molar-refractivity contribution in [2.24, 2.45) is 0 Å². The molecule has 0 heterocycles. The van der Waals surface area contributed by atoms with Crippen LogP contribution in [0.2, 0.25) is 5.02 Å². The van der Waals surface area contributed by atoms with E-state index in [2.05, 4.69) is 27.9 Å². The van der Waals surface area contributed by atoms with E-state index in [0.717, 1.165) is 9.26 Å². The van der Waals surface area contributed by atoms with Crippen LogP contribution < -0.4 is 5.32 Å². The molecule has 0 fully saturated rings. The van der Waals surface area contributed by atoms with Crippen molar-refractivity contribution in [1.29, 1.82) is 0 Å². The molecule has 0 aromatic heterocycles. The molecule has 2 rings (SSSR count). The molecule has 0 aliphatic heterocycles. The molecule has 0 bridgehead atoms. The minimum atomic E-state index is -0.282. The molecule has 4 heteroatoms. The van der Waals surface area contributed by atoms with Gasteiger partial charge in [-0.25, -0.2) is 4.39 Å². The molecule has 0 saturated carbocycles. The van der Waals surface area contributed by atoms with E-state index in [9.17, 15) is 4.39 Å². The summed E-state index contributed by atoms with van der Waals surface area (Å²) in [6.07, 6.45) is 0. The Morgan fingerprint density at radius 3 is 2.71 bits per heavy atom. The van der Waals surface area contributed by atoms with Gasteiger partial charge in [0, 0.05) is 26.4 Å². The lowest BCUT2D eigenvalue weighted by Crippen LogP contribution is -2.01.